The molecule has 0 spiro atoms. The second kappa shape index (κ2) is 7.20. The lowest BCUT2D eigenvalue weighted by Crippen LogP contribution is -2.27. The van der Waals surface area contributed by atoms with Crippen molar-refractivity contribution in [2.45, 2.75) is 65.0 Å². The summed E-state index contributed by atoms with van der Waals surface area (Å²) in [6.07, 6.45) is 3.97. The minimum absolute atomic E-state index is 0.297. The fourth-order valence-corrected chi connectivity index (χ4v) is 3.05. The Morgan fingerprint density at radius 3 is 2.74 bits per heavy atom. The Morgan fingerprint density at radius 2 is 2.09 bits per heavy atom. The van der Waals surface area contributed by atoms with Gasteiger partial charge >= 0.3 is 6.09 Å². The fraction of sp³-hybridized carbons (Fsp3) is 0.611. The maximum Gasteiger partial charge on any atom is 0.412 e. The average molecular weight is 322 g/mol. The third kappa shape index (κ3) is 5.12. The molecule has 1 aromatic carbocycles. The molecule has 128 valence electrons. The van der Waals surface area contributed by atoms with Crippen LogP contribution in [0.4, 0.5) is 20.6 Å². The normalized spacial score (nSPS) is 21.1. The number of halogens is 1. The predicted molar refractivity (Wildman–Crippen MR) is 91.3 cm³/mol. The Hall–Kier alpha value is -1.78. The van der Waals surface area contributed by atoms with Crippen molar-refractivity contribution in [3.8, 4) is 0 Å². The molecule has 0 bridgehead atoms. The van der Waals surface area contributed by atoms with Gasteiger partial charge in [0.25, 0.3) is 0 Å². The number of carbonyl (C=O) groups is 1. The maximum atomic E-state index is 14.1. The van der Waals surface area contributed by atoms with E-state index in [2.05, 4.69) is 17.6 Å². The number of hydrogen-bond donors (Lipinski definition) is 2. The number of anilines is 2. The molecule has 0 saturated heterocycles. The number of ether oxygens (including phenoxy) is 1. The number of amides is 1. The molecule has 0 aromatic heterocycles. The molecule has 0 heterocycles. The van der Waals surface area contributed by atoms with E-state index >= 15 is 0 Å². The first kappa shape index (κ1) is 17.6. The van der Waals surface area contributed by atoms with Gasteiger partial charge in [0.2, 0.25) is 0 Å². The Morgan fingerprint density at radius 1 is 1.35 bits per heavy atom. The number of benzene rings is 1. The average Bonchev–Trinajstić information content (AvgIpc) is 2.87. The predicted octanol–water partition coefficient (Wildman–Crippen LogP) is 5.16. The van der Waals surface area contributed by atoms with Gasteiger partial charge in [-0.05, 0) is 57.7 Å². The van der Waals surface area contributed by atoms with Gasteiger partial charge in [0, 0.05) is 11.7 Å². The van der Waals surface area contributed by atoms with Gasteiger partial charge in [-0.3, -0.25) is 5.32 Å². The first-order chi connectivity index (χ1) is 10.8. The largest absolute Gasteiger partial charge is 0.444 e. The van der Waals surface area contributed by atoms with Crippen molar-refractivity contribution in [1.29, 1.82) is 0 Å². The van der Waals surface area contributed by atoms with Crippen LogP contribution >= 0.6 is 0 Å². The Bertz CT molecular complexity index is 554. The van der Waals surface area contributed by atoms with Crippen LogP contribution in [0.5, 0.6) is 0 Å². The molecular weight excluding hydrogens is 295 g/mol. The van der Waals surface area contributed by atoms with Gasteiger partial charge in [-0.25, -0.2) is 9.18 Å². The van der Waals surface area contributed by atoms with Crippen molar-refractivity contribution >= 4 is 17.5 Å². The first-order valence-electron chi connectivity index (χ1n) is 8.34. The van der Waals surface area contributed by atoms with Gasteiger partial charge in [-0.1, -0.05) is 19.8 Å². The number of rotatable bonds is 4. The van der Waals surface area contributed by atoms with Crippen molar-refractivity contribution in [2.75, 3.05) is 10.6 Å². The maximum absolute atomic E-state index is 14.1. The van der Waals surface area contributed by atoms with Gasteiger partial charge in [0.05, 0.1) is 5.69 Å². The molecule has 2 atom stereocenters. The minimum Gasteiger partial charge on any atom is -0.444 e. The quantitative estimate of drug-likeness (QED) is 0.804. The number of nitrogens with one attached hydrogen (secondary N) is 2. The minimum atomic E-state index is -0.566. The van der Waals surface area contributed by atoms with Crippen molar-refractivity contribution in [3.63, 3.8) is 0 Å². The third-order valence-corrected chi connectivity index (χ3v) is 4.14. The third-order valence-electron chi connectivity index (χ3n) is 4.14. The molecule has 2 rings (SSSR count). The van der Waals surface area contributed by atoms with Crippen LogP contribution in [-0.4, -0.2) is 17.7 Å². The lowest BCUT2D eigenvalue weighted by Gasteiger charge is -2.22. The van der Waals surface area contributed by atoms with Crippen LogP contribution in [0.1, 0.15) is 53.4 Å². The second-order valence-corrected chi connectivity index (χ2v) is 7.17. The smallest absolute Gasteiger partial charge is 0.412 e. The van der Waals surface area contributed by atoms with Gasteiger partial charge in [-0.15, -0.1) is 0 Å². The summed E-state index contributed by atoms with van der Waals surface area (Å²) in [6.45, 7) is 7.57. The van der Waals surface area contributed by atoms with E-state index in [0.717, 1.165) is 12.8 Å². The summed E-state index contributed by atoms with van der Waals surface area (Å²) in [5, 5.41) is 5.95. The molecule has 23 heavy (non-hydrogen) atoms. The molecule has 1 amide bonds. The van der Waals surface area contributed by atoms with E-state index in [1.54, 1.807) is 26.8 Å². The second-order valence-electron chi connectivity index (χ2n) is 7.17. The zero-order valence-electron chi connectivity index (χ0n) is 14.4. The summed E-state index contributed by atoms with van der Waals surface area (Å²) in [5.41, 5.74) is 0.390. The highest BCUT2D eigenvalue weighted by Gasteiger charge is 2.26. The molecule has 4 nitrogen and oxygen atoms in total. The molecule has 2 unspecified atom stereocenters. The van der Waals surface area contributed by atoms with E-state index < -0.39 is 11.7 Å². The highest BCUT2D eigenvalue weighted by Crippen LogP contribution is 2.32. The molecule has 1 fully saturated rings. The molecule has 1 aromatic rings. The first-order valence-corrected chi connectivity index (χ1v) is 8.34. The summed E-state index contributed by atoms with van der Waals surface area (Å²) in [5.74, 6) is 0.276. The standard InChI is InChI=1S/C18H27FN2O2/c1-5-12-7-6-8-15(12)21-16-11-13(9-10-14(16)19)20-17(22)23-18(2,3)4/h9-12,15,21H,5-8H2,1-4H3,(H,20,22). The molecule has 1 aliphatic carbocycles. The van der Waals surface area contributed by atoms with Crippen LogP contribution in [0.3, 0.4) is 0 Å². The lowest BCUT2D eigenvalue weighted by molar-refractivity contribution is 0.0636. The van der Waals surface area contributed by atoms with Crippen molar-refractivity contribution in [1.82, 2.24) is 0 Å². The van der Waals surface area contributed by atoms with Gasteiger partial charge in [0.1, 0.15) is 11.4 Å². The SMILES string of the molecule is CCC1CCCC1Nc1cc(NC(=O)OC(C)(C)C)ccc1F. The Kier molecular flexibility index (Phi) is 5.50. The van der Waals surface area contributed by atoms with E-state index in [-0.39, 0.29) is 5.82 Å². The monoisotopic (exact) mass is 322 g/mol. The van der Waals surface area contributed by atoms with Crippen LogP contribution in [0.25, 0.3) is 0 Å². The Labute approximate surface area is 137 Å². The van der Waals surface area contributed by atoms with Gasteiger partial charge in [-0.2, -0.15) is 0 Å². The van der Waals surface area contributed by atoms with Crippen LogP contribution in [0, 0.1) is 11.7 Å². The highest BCUT2D eigenvalue weighted by atomic mass is 19.1. The molecule has 1 saturated carbocycles. The van der Waals surface area contributed by atoms with E-state index in [1.165, 1.54) is 25.0 Å². The molecule has 1 aliphatic rings. The van der Waals surface area contributed by atoms with E-state index in [0.29, 0.717) is 23.3 Å². The fourth-order valence-electron chi connectivity index (χ4n) is 3.05. The zero-order chi connectivity index (χ0) is 17.0. The van der Waals surface area contributed by atoms with E-state index in [9.17, 15) is 9.18 Å². The lowest BCUT2D eigenvalue weighted by atomic mass is 10.0. The van der Waals surface area contributed by atoms with E-state index in [4.69, 9.17) is 4.74 Å². The Balaban J connectivity index is 2.05. The van der Waals surface area contributed by atoms with Crippen LogP contribution in [0.15, 0.2) is 18.2 Å². The van der Waals surface area contributed by atoms with Crippen LogP contribution in [-0.2, 0) is 4.74 Å². The highest BCUT2D eigenvalue weighted by molar-refractivity contribution is 5.85. The summed E-state index contributed by atoms with van der Waals surface area (Å²) >= 11 is 0. The molecule has 0 radical (unpaired) electrons. The van der Waals surface area contributed by atoms with Gasteiger partial charge in [0.15, 0.2) is 0 Å². The van der Waals surface area contributed by atoms with Crippen LogP contribution < -0.4 is 10.6 Å². The topological polar surface area (TPSA) is 50.4 Å². The summed E-state index contributed by atoms with van der Waals surface area (Å²) in [6, 6.07) is 4.83. The number of hydrogen-bond acceptors (Lipinski definition) is 3. The summed E-state index contributed by atoms with van der Waals surface area (Å²) in [7, 11) is 0. The van der Waals surface area contributed by atoms with Crippen molar-refractivity contribution in [2.24, 2.45) is 5.92 Å². The summed E-state index contributed by atoms with van der Waals surface area (Å²) < 4.78 is 19.3. The molecule has 5 heteroatoms. The molecule has 0 aliphatic heterocycles. The van der Waals surface area contributed by atoms with E-state index in [1.807, 2.05) is 0 Å². The zero-order valence-corrected chi connectivity index (χ0v) is 14.4. The van der Waals surface area contributed by atoms with Crippen molar-refractivity contribution in [3.05, 3.63) is 24.0 Å². The number of carbonyl (C=O) groups excluding carboxylic acids is 1. The van der Waals surface area contributed by atoms with Gasteiger partial charge < -0.3 is 10.1 Å². The van der Waals surface area contributed by atoms with Crippen LogP contribution in [0.2, 0.25) is 0 Å². The van der Waals surface area contributed by atoms with Crippen molar-refractivity contribution < 1.29 is 13.9 Å². The summed E-state index contributed by atoms with van der Waals surface area (Å²) in [4.78, 5) is 11.8. The molecular formula is C18H27FN2O2. The molecule has 2 N–H and O–H groups in total.